The number of hydrogen-bond donors (Lipinski definition) is 3. The molecular formula is C21H16ClN5O. The Morgan fingerprint density at radius 2 is 1.68 bits per heavy atom. The van der Waals surface area contributed by atoms with Crippen LogP contribution in [0.5, 0.6) is 0 Å². The summed E-state index contributed by atoms with van der Waals surface area (Å²) in [5.74, 6) is -0.333. The minimum atomic E-state index is -0.505. The lowest BCUT2D eigenvalue weighted by molar-refractivity contribution is 0.100. The number of nitrogen functional groups attached to an aromatic ring is 1. The van der Waals surface area contributed by atoms with Gasteiger partial charge in [0.25, 0.3) is 0 Å². The van der Waals surface area contributed by atoms with Gasteiger partial charge in [0.1, 0.15) is 0 Å². The van der Waals surface area contributed by atoms with Crippen molar-refractivity contribution in [3.8, 4) is 33.8 Å². The molecule has 0 fully saturated rings. The number of nitrogens with zero attached hydrogens (tertiary/aromatic N) is 2. The Hall–Kier alpha value is -3.64. The van der Waals surface area contributed by atoms with Crippen LogP contribution in [0.1, 0.15) is 10.4 Å². The minimum absolute atomic E-state index is 0.172. The van der Waals surface area contributed by atoms with E-state index in [1.165, 1.54) is 0 Å². The van der Waals surface area contributed by atoms with Gasteiger partial charge >= 0.3 is 0 Å². The molecule has 2 aromatic carbocycles. The first-order chi connectivity index (χ1) is 13.5. The number of aromatic nitrogens is 3. The number of benzene rings is 2. The fraction of sp³-hybridized carbons (Fsp3) is 0. The van der Waals surface area contributed by atoms with E-state index in [-0.39, 0.29) is 5.95 Å². The molecule has 0 bridgehead atoms. The lowest BCUT2D eigenvalue weighted by Gasteiger charge is -2.09. The van der Waals surface area contributed by atoms with E-state index in [2.05, 4.69) is 15.0 Å². The Kier molecular flexibility index (Phi) is 4.55. The largest absolute Gasteiger partial charge is 0.368 e. The number of H-pyrrole nitrogens is 1. The van der Waals surface area contributed by atoms with Crippen LogP contribution < -0.4 is 11.5 Å². The Morgan fingerprint density at radius 1 is 0.964 bits per heavy atom. The van der Waals surface area contributed by atoms with E-state index in [0.29, 0.717) is 21.8 Å². The Balaban J connectivity index is 2.00. The van der Waals surface area contributed by atoms with E-state index in [0.717, 1.165) is 22.5 Å². The van der Waals surface area contributed by atoms with E-state index in [1.807, 2.05) is 42.5 Å². The number of nitrogens with one attached hydrogen (secondary N) is 1. The molecular weight excluding hydrogens is 374 g/mol. The van der Waals surface area contributed by atoms with Gasteiger partial charge < -0.3 is 16.5 Å². The number of primary amides is 1. The van der Waals surface area contributed by atoms with Crippen molar-refractivity contribution in [2.24, 2.45) is 5.73 Å². The molecule has 2 heterocycles. The van der Waals surface area contributed by atoms with Gasteiger partial charge in [-0.15, -0.1) is 0 Å². The molecule has 2 aromatic heterocycles. The van der Waals surface area contributed by atoms with Crippen LogP contribution >= 0.6 is 11.6 Å². The first kappa shape index (κ1) is 17.8. The SMILES string of the molecule is NC(=O)c1ccccc1-c1cc(-c2ccnc(N)n2)[nH]c1-c1ccccc1Cl. The number of halogens is 1. The number of carbonyl (C=O) groups excluding carboxylic acids is 1. The molecule has 5 N–H and O–H groups in total. The summed E-state index contributed by atoms with van der Waals surface area (Å²) < 4.78 is 0. The molecule has 28 heavy (non-hydrogen) atoms. The van der Waals surface area contributed by atoms with Crippen LogP contribution in [0.25, 0.3) is 33.8 Å². The maximum absolute atomic E-state index is 12.0. The minimum Gasteiger partial charge on any atom is -0.368 e. The highest BCUT2D eigenvalue weighted by Crippen LogP contribution is 2.39. The highest BCUT2D eigenvalue weighted by molar-refractivity contribution is 6.33. The third-order valence-electron chi connectivity index (χ3n) is 4.39. The Labute approximate surface area is 166 Å². The van der Waals surface area contributed by atoms with Crippen molar-refractivity contribution in [1.82, 2.24) is 15.0 Å². The second-order valence-electron chi connectivity index (χ2n) is 6.16. The van der Waals surface area contributed by atoms with Crippen LogP contribution in [0.4, 0.5) is 5.95 Å². The Bertz CT molecular complexity index is 1180. The molecule has 6 nitrogen and oxygen atoms in total. The van der Waals surface area contributed by atoms with Crippen LogP contribution in [-0.4, -0.2) is 20.9 Å². The summed E-state index contributed by atoms with van der Waals surface area (Å²) in [6.07, 6.45) is 1.59. The highest BCUT2D eigenvalue weighted by atomic mass is 35.5. The quantitative estimate of drug-likeness (QED) is 0.487. The van der Waals surface area contributed by atoms with Gasteiger partial charge in [0.05, 0.1) is 17.1 Å². The topological polar surface area (TPSA) is 111 Å². The fourth-order valence-electron chi connectivity index (χ4n) is 3.14. The van der Waals surface area contributed by atoms with Gasteiger partial charge in [-0.2, -0.15) is 0 Å². The third-order valence-corrected chi connectivity index (χ3v) is 4.72. The number of aromatic amines is 1. The summed E-state index contributed by atoms with van der Waals surface area (Å²) in [6.45, 7) is 0. The lowest BCUT2D eigenvalue weighted by Crippen LogP contribution is -2.12. The smallest absolute Gasteiger partial charge is 0.249 e. The van der Waals surface area contributed by atoms with Crippen molar-refractivity contribution in [2.45, 2.75) is 0 Å². The maximum atomic E-state index is 12.0. The van der Waals surface area contributed by atoms with Crippen molar-refractivity contribution in [3.63, 3.8) is 0 Å². The van der Waals surface area contributed by atoms with Gasteiger partial charge in [0, 0.05) is 27.9 Å². The maximum Gasteiger partial charge on any atom is 0.249 e. The summed E-state index contributed by atoms with van der Waals surface area (Å²) in [5, 5.41) is 0.580. The number of rotatable bonds is 4. The average molecular weight is 390 g/mol. The number of hydrogen-bond acceptors (Lipinski definition) is 4. The molecule has 0 aliphatic rings. The van der Waals surface area contributed by atoms with Gasteiger partial charge in [-0.1, -0.05) is 48.0 Å². The molecule has 4 aromatic rings. The molecule has 0 saturated carbocycles. The number of anilines is 1. The van der Waals surface area contributed by atoms with Crippen molar-refractivity contribution in [3.05, 3.63) is 77.4 Å². The fourth-order valence-corrected chi connectivity index (χ4v) is 3.37. The molecule has 0 saturated heterocycles. The molecule has 0 unspecified atom stereocenters. The number of amides is 1. The van der Waals surface area contributed by atoms with Gasteiger partial charge in [-0.25, -0.2) is 9.97 Å². The summed E-state index contributed by atoms with van der Waals surface area (Å²) in [5.41, 5.74) is 16.1. The Morgan fingerprint density at radius 3 is 2.39 bits per heavy atom. The van der Waals surface area contributed by atoms with Gasteiger partial charge in [-0.3, -0.25) is 4.79 Å². The van der Waals surface area contributed by atoms with Crippen LogP contribution in [-0.2, 0) is 0 Å². The number of carbonyl (C=O) groups is 1. The second-order valence-corrected chi connectivity index (χ2v) is 6.57. The molecule has 4 rings (SSSR count). The first-order valence-electron chi connectivity index (χ1n) is 8.50. The van der Waals surface area contributed by atoms with E-state index in [9.17, 15) is 4.79 Å². The van der Waals surface area contributed by atoms with Crippen molar-refractivity contribution in [2.75, 3.05) is 5.73 Å². The highest BCUT2D eigenvalue weighted by Gasteiger charge is 2.19. The average Bonchev–Trinajstić information content (AvgIpc) is 3.13. The first-order valence-corrected chi connectivity index (χ1v) is 8.88. The van der Waals surface area contributed by atoms with E-state index < -0.39 is 5.91 Å². The van der Waals surface area contributed by atoms with E-state index >= 15 is 0 Å². The molecule has 0 atom stereocenters. The molecule has 1 amide bonds. The monoisotopic (exact) mass is 389 g/mol. The zero-order valence-electron chi connectivity index (χ0n) is 14.7. The van der Waals surface area contributed by atoms with Gasteiger partial charge in [0.2, 0.25) is 11.9 Å². The van der Waals surface area contributed by atoms with E-state index in [1.54, 1.807) is 24.4 Å². The number of nitrogens with two attached hydrogens (primary N) is 2. The van der Waals surface area contributed by atoms with Crippen LogP contribution in [0.2, 0.25) is 5.02 Å². The second kappa shape index (κ2) is 7.17. The van der Waals surface area contributed by atoms with Crippen LogP contribution in [0, 0.1) is 0 Å². The molecule has 0 aliphatic carbocycles. The summed E-state index contributed by atoms with van der Waals surface area (Å²) in [4.78, 5) is 23.6. The normalized spacial score (nSPS) is 10.8. The summed E-state index contributed by atoms with van der Waals surface area (Å²) in [7, 11) is 0. The predicted octanol–water partition coefficient (Wildman–Crippen LogP) is 4.14. The lowest BCUT2D eigenvalue weighted by atomic mass is 9.96. The van der Waals surface area contributed by atoms with Crippen LogP contribution in [0.15, 0.2) is 66.9 Å². The van der Waals surface area contributed by atoms with Crippen molar-refractivity contribution in [1.29, 1.82) is 0 Å². The third kappa shape index (κ3) is 3.21. The standard InChI is InChI=1S/C21H16ClN5O/c22-16-8-4-3-7-14(16)19-15(12-5-1-2-6-13(12)20(23)28)11-18(26-19)17-9-10-25-21(24)27-17/h1-11,26H,(H2,23,28)(H2,24,25,27). The molecule has 7 heteroatoms. The molecule has 0 radical (unpaired) electrons. The van der Waals surface area contributed by atoms with Crippen molar-refractivity contribution < 1.29 is 4.79 Å². The summed E-state index contributed by atoms with van der Waals surface area (Å²) in [6, 6.07) is 18.3. The summed E-state index contributed by atoms with van der Waals surface area (Å²) >= 11 is 6.44. The zero-order chi connectivity index (χ0) is 19.7. The van der Waals surface area contributed by atoms with Crippen LogP contribution in [0.3, 0.4) is 0 Å². The van der Waals surface area contributed by atoms with Crippen molar-refractivity contribution >= 4 is 23.5 Å². The van der Waals surface area contributed by atoms with Gasteiger partial charge in [0.15, 0.2) is 0 Å². The molecule has 0 spiro atoms. The molecule has 0 aliphatic heterocycles. The van der Waals surface area contributed by atoms with E-state index in [4.69, 9.17) is 23.1 Å². The van der Waals surface area contributed by atoms with Gasteiger partial charge in [-0.05, 0) is 29.8 Å². The molecule has 138 valence electrons. The zero-order valence-corrected chi connectivity index (χ0v) is 15.4. The predicted molar refractivity (Wildman–Crippen MR) is 111 cm³/mol.